The van der Waals surface area contributed by atoms with Crippen LogP contribution in [0.25, 0.3) is 16.9 Å². The van der Waals surface area contributed by atoms with E-state index in [1.165, 1.54) is 18.2 Å². The lowest BCUT2D eigenvalue weighted by molar-refractivity contribution is 0.102. The molecule has 4 aromatic rings. The van der Waals surface area contributed by atoms with Gasteiger partial charge in [0.1, 0.15) is 23.0 Å². The molecule has 4 rings (SSSR count). The number of imidazole rings is 1. The molecule has 2 heterocycles. The molecule has 0 unspecified atom stereocenters. The maximum absolute atomic E-state index is 13.6. The van der Waals surface area contributed by atoms with E-state index < -0.39 is 11.7 Å². The smallest absolute Gasteiger partial charge is 0.258 e. The molecule has 2 aromatic heterocycles. The first-order valence-electron chi connectivity index (χ1n) is 8.34. The number of aromatic nitrogens is 2. The minimum absolute atomic E-state index is 0.219. The van der Waals surface area contributed by atoms with Gasteiger partial charge in [0.25, 0.3) is 5.91 Å². The second-order valence-electron chi connectivity index (χ2n) is 6.14. The molecule has 27 heavy (non-hydrogen) atoms. The number of hydrogen-bond donors (Lipinski definition) is 1. The summed E-state index contributed by atoms with van der Waals surface area (Å²) < 4.78 is 16.0. The Labute approximate surface area is 163 Å². The van der Waals surface area contributed by atoms with Gasteiger partial charge in [0, 0.05) is 16.2 Å². The summed E-state index contributed by atoms with van der Waals surface area (Å²) >= 11 is 3.31. The molecule has 6 heteroatoms. The van der Waals surface area contributed by atoms with E-state index in [4.69, 9.17) is 4.98 Å². The zero-order chi connectivity index (χ0) is 19.0. The van der Waals surface area contributed by atoms with Crippen molar-refractivity contribution in [1.29, 1.82) is 0 Å². The van der Waals surface area contributed by atoms with Gasteiger partial charge in [0.15, 0.2) is 0 Å². The number of anilines is 1. The predicted molar refractivity (Wildman–Crippen MR) is 107 cm³/mol. The van der Waals surface area contributed by atoms with Gasteiger partial charge in [-0.05, 0) is 52.7 Å². The Morgan fingerprint density at radius 3 is 2.67 bits per heavy atom. The van der Waals surface area contributed by atoms with E-state index in [1.54, 1.807) is 0 Å². The fraction of sp³-hybridized carbons (Fsp3) is 0.0476. The number of pyridine rings is 1. The summed E-state index contributed by atoms with van der Waals surface area (Å²) in [7, 11) is 0. The third-order valence-electron chi connectivity index (χ3n) is 4.30. The number of carbonyl (C=O) groups excluding carboxylic acids is 1. The van der Waals surface area contributed by atoms with Crippen LogP contribution in [0.5, 0.6) is 0 Å². The van der Waals surface area contributed by atoms with Crippen molar-refractivity contribution in [3.05, 3.63) is 88.3 Å². The van der Waals surface area contributed by atoms with E-state index in [2.05, 4.69) is 21.2 Å². The Bertz CT molecular complexity index is 1160. The molecule has 0 aliphatic carbocycles. The molecule has 0 radical (unpaired) electrons. The minimum Gasteiger partial charge on any atom is -0.306 e. The summed E-state index contributed by atoms with van der Waals surface area (Å²) in [5.41, 5.74) is 3.50. The standard InChI is InChI=1S/C21H15BrFN3O/c1-13-6-5-11-26-19(13)24-18(14-7-3-2-4-8-14)20(26)25-21(27)16-12-15(23)9-10-17(16)22/h2-12H,1H3,(H,25,27). The molecule has 0 atom stereocenters. The summed E-state index contributed by atoms with van der Waals surface area (Å²) in [5, 5.41) is 2.91. The van der Waals surface area contributed by atoms with E-state index in [1.807, 2.05) is 60.0 Å². The van der Waals surface area contributed by atoms with Gasteiger partial charge < -0.3 is 5.32 Å². The molecule has 0 aliphatic rings. The van der Waals surface area contributed by atoms with Gasteiger partial charge in [-0.25, -0.2) is 9.37 Å². The van der Waals surface area contributed by atoms with Crippen LogP contribution in [0.1, 0.15) is 15.9 Å². The van der Waals surface area contributed by atoms with Gasteiger partial charge in [-0.1, -0.05) is 36.4 Å². The predicted octanol–water partition coefficient (Wildman–Crippen LogP) is 5.46. The molecule has 0 aliphatic heterocycles. The van der Waals surface area contributed by atoms with Gasteiger partial charge in [-0.3, -0.25) is 9.20 Å². The largest absolute Gasteiger partial charge is 0.306 e. The molecule has 1 N–H and O–H groups in total. The zero-order valence-electron chi connectivity index (χ0n) is 14.4. The van der Waals surface area contributed by atoms with Crippen molar-refractivity contribution in [2.24, 2.45) is 0 Å². The van der Waals surface area contributed by atoms with Crippen LogP contribution >= 0.6 is 15.9 Å². The number of amides is 1. The van der Waals surface area contributed by atoms with E-state index in [9.17, 15) is 9.18 Å². The topological polar surface area (TPSA) is 46.4 Å². The zero-order valence-corrected chi connectivity index (χ0v) is 16.0. The molecule has 1 amide bonds. The fourth-order valence-electron chi connectivity index (χ4n) is 2.97. The monoisotopic (exact) mass is 423 g/mol. The first-order chi connectivity index (χ1) is 13.0. The average Bonchev–Trinajstić information content (AvgIpc) is 3.04. The number of fused-ring (bicyclic) bond motifs is 1. The van der Waals surface area contributed by atoms with Crippen molar-refractivity contribution < 1.29 is 9.18 Å². The number of nitrogens with zero attached hydrogens (tertiary/aromatic N) is 2. The third-order valence-corrected chi connectivity index (χ3v) is 4.99. The number of rotatable bonds is 3. The number of halogens is 2. The number of aryl methyl sites for hydroxylation is 1. The Balaban J connectivity index is 1.86. The summed E-state index contributed by atoms with van der Waals surface area (Å²) in [6, 6.07) is 17.5. The first-order valence-corrected chi connectivity index (χ1v) is 9.13. The number of hydrogen-bond acceptors (Lipinski definition) is 2. The molecule has 4 nitrogen and oxygen atoms in total. The normalized spacial score (nSPS) is 10.9. The van der Waals surface area contributed by atoms with Crippen LogP contribution in [-0.4, -0.2) is 15.3 Å². The minimum atomic E-state index is -0.472. The molecular weight excluding hydrogens is 409 g/mol. The Morgan fingerprint density at radius 2 is 1.89 bits per heavy atom. The molecule has 0 saturated carbocycles. The third kappa shape index (κ3) is 3.24. The van der Waals surface area contributed by atoms with Crippen LogP contribution < -0.4 is 5.32 Å². The molecule has 0 fully saturated rings. The summed E-state index contributed by atoms with van der Waals surface area (Å²) in [6.45, 7) is 1.96. The Morgan fingerprint density at radius 1 is 1.11 bits per heavy atom. The lowest BCUT2D eigenvalue weighted by atomic mass is 10.1. The highest BCUT2D eigenvalue weighted by Gasteiger charge is 2.19. The van der Waals surface area contributed by atoms with Crippen LogP contribution in [0.15, 0.2) is 71.3 Å². The van der Waals surface area contributed by atoms with Crippen LogP contribution in [0.4, 0.5) is 10.2 Å². The summed E-state index contributed by atoms with van der Waals surface area (Å²) in [5.74, 6) is -0.344. The number of carbonyl (C=O) groups is 1. The molecular formula is C21H15BrFN3O. The fourth-order valence-corrected chi connectivity index (χ4v) is 3.39. The second-order valence-corrected chi connectivity index (χ2v) is 6.99. The van der Waals surface area contributed by atoms with Gasteiger partial charge in [0.05, 0.1) is 5.56 Å². The maximum atomic E-state index is 13.6. The molecule has 0 bridgehead atoms. The van der Waals surface area contributed by atoms with E-state index in [0.29, 0.717) is 16.0 Å². The average molecular weight is 424 g/mol. The maximum Gasteiger partial charge on any atom is 0.258 e. The summed E-state index contributed by atoms with van der Waals surface area (Å²) in [4.78, 5) is 17.6. The molecule has 0 saturated heterocycles. The highest BCUT2D eigenvalue weighted by Crippen LogP contribution is 2.30. The summed E-state index contributed by atoms with van der Waals surface area (Å²) in [6.07, 6.45) is 1.85. The van der Waals surface area contributed by atoms with E-state index in [0.717, 1.165) is 16.8 Å². The van der Waals surface area contributed by atoms with Gasteiger partial charge in [0.2, 0.25) is 0 Å². The van der Waals surface area contributed by atoms with Crippen LogP contribution in [-0.2, 0) is 0 Å². The van der Waals surface area contributed by atoms with E-state index >= 15 is 0 Å². The van der Waals surface area contributed by atoms with Crippen LogP contribution in [0.3, 0.4) is 0 Å². The van der Waals surface area contributed by atoms with Crippen molar-refractivity contribution in [2.75, 3.05) is 5.32 Å². The first kappa shape index (κ1) is 17.4. The lowest BCUT2D eigenvalue weighted by Gasteiger charge is -2.09. The van der Waals surface area contributed by atoms with Gasteiger partial charge in [-0.2, -0.15) is 0 Å². The van der Waals surface area contributed by atoms with Crippen LogP contribution in [0.2, 0.25) is 0 Å². The van der Waals surface area contributed by atoms with Crippen molar-refractivity contribution in [1.82, 2.24) is 9.38 Å². The Kier molecular flexibility index (Phi) is 4.49. The highest BCUT2D eigenvalue weighted by molar-refractivity contribution is 9.10. The van der Waals surface area contributed by atoms with Gasteiger partial charge >= 0.3 is 0 Å². The quantitative estimate of drug-likeness (QED) is 0.475. The van der Waals surface area contributed by atoms with Crippen molar-refractivity contribution in [3.63, 3.8) is 0 Å². The number of nitrogens with one attached hydrogen (secondary N) is 1. The van der Waals surface area contributed by atoms with Crippen molar-refractivity contribution in [2.45, 2.75) is 6.92 Å². The SMILES string of the molecule is Cc1cccn2c(NC(=O)c3cc(F)ccc3Br)c(-c3ccccc3)nc12. The molecule has 134 valence electrons. The lowest BCUT2D eigenvalue weighted by Crippen LogP contribution is -2.15. The van der Waals surface area contributed by atoms with Crippen LogP contribution in [0, 0.1) is 12.7 Å². The molecule has 0 spiro atoms. The highest BCUT2D eigenvalue weighted by atomic mass is 79.9. The van der Waals surface area contributed by atoms with Crippen molar-refractivity contribution in [3.8, 4) is 11.3 Å². The van der Waals surface area contributed by atoms with E-state index in [-0.39, 0.29) is 5.56 Å². The second kappa shape index (κ2) is 6.96. The van der Waals surface area contributed by atoms with Crippen molar-refractivity contribution >= 4 is 33.3 Å². The number of benzene rings is 2. The molecule has 2 aromatic carbocycles. The Hall–Kier alpha value is -2.99. The van der Waals surface area contributed by atoms with Gasteiger partial charge in [-0.15, -0.1) is 0 Å².